The minimum atomic E-state index is -0.0275. The number of rotatable bonds is 3. The number of hydrogen-bond acceptors (Lipinski definition) is 3. The lowest BCUT2D eigenvalue weighted by molar-refractivity contribution is 0.0785. The molecule has 2 aromatic heterocycles. The molecule has 0 spiro atoms. The summed E-state index contributed by atoms with van der Waals surface area (Å²) in [6.45, 7) is 2.42. The predicted octanol–water partition coefficient (Wildman–Crippen LogP) is 2.74. The zero-order valence-corrected chi connectivity index (χ0v) is 11.4. The van der Waals surface area contributed by atoms with Crippen LogP contribution >= 0.6 is 0 Å². The van der Waals surface area contributed by atoms with E-state index in [-0.39, 0.29) is 5.91 Å². The van der Waals surface area contributed by atoms with Gasteiger partial charge in [-0.05, 0) is 31.2 Å². The Hall–Kier alpha value is -2.56. The Morgan fingerprint density at radius 2 is 2.25 bits per heavy atom. The van der Waals surface area contributed by atoms with Crippen LogP contribution in [0.5, 0.6) is 0 Å². The SMILES string of the molecule is Cc1nc2ccc(C(=O)N(C)Cc3ccoc3)cc2[nH]1. The van der Waals surface area contributed by atoms with Gasteiger partial charge in [-0.25, -0.2) is 4.98 Å². The predicted molar refractivity (Wildman–Crippen MR) is 75.3 cm³/mol. The molecular formula is C15H15N3O2. The zero-order chi connectivity index (χ0) is 14.1. The number of hydrogen-bond donors (Lipinski definition) is 1. The van der Waals surface area contributed by atoms with Crippen LogP contribution in [0.2, 0.25) is 0 Å². The molecule has 0 saturated heterocycles. The Morgan fingerprint density at radius 3 is 3.00 bits per heavy atom. The van der Waals surface area contributed by atoms with Crippen LogP contribution in [-0.2, 0) is 6.54 Å². The van der Waals surface area contributed by atoms with Crippen LogP contribution in [0.4, 0.5) is 0 Å². The van der Waals surface area contributed by atoms with Gasteiger partial charge in [0.2, 0.25) is 0 Å². The summed E-state index contributed by atoms with van der Waals surface area (Å²) < 4.78 is 5.01. The van der Waals surface area contributed by atoms with Crippen molar-refractivity contribution >= 4 is 16.9 Å². The van der Waals surface area contributed by atoms with Gasteiger partial charge in [-0.1, -0.05) is 0 Å². The average molecular weight is 269 g/mol. The molecule has 1 aromatic carbocycles. The van der Waals surface area contributed by atoms with Crippen molar-refractivity contribution in [2.24, 2.45) is 0 Å². The molecule has 20 heavy (non-hydrogen) atoms. The number of benzene rings is 1. The molecule has 0 aliphatic heterocycles. The number of carbonyl (C=O) groups excluding carboxylic acids is 1. The third-order valence-electron chi connectivity index (χ3n) is 3.19. The topological polar surface area (TPSA) is 62.1 Å². The van der Waals surface area contributed by atoms with Crippen LogP contribution in [-0.4, -0.2) is 27.8 Å². The molecule has 0 fully saturated rings. The normalized spacial score (nSPS) is 10.9. The Labute approximate surface area is 116 Å². The van der Waals surface area contributed by atoms with Gasteiger partial charge < -0.3 is 14.3 Å². The number of aromatic amines is 1. The van der Waals surface area contributed by atoms with Gasteiger partial charge in [-0.2, -0.15) is 0 Å². The summed E-state index contributed by atoms with van der Waals surface area (Å²) in [4.78, 5) is 21.5. The molecule has 0 bridgehead atoms. The smallest absolute Gasteiger partial charge is 0.253 e. The fraction of sp³-hybridized carbons (Fsp3) is 0.200. The monoisotopic (exact) mass is 269 g/mol. The second-order valence-electron chi connectivity index (χ2n) is 4.85. The van der Waals surface area contributed by atoms with Crippen molar-refractivity contribution in [2.75, 3.05) is 7.05 Å². The number of carbonyl (C=O) groups is 1. The van der Waals surface area contributed by atoms with E-state index >= 15 is 0 Å². The van der Waals surface area contributed by atoms with Crippen LogP contribution in [0.1, 0.15) is 21.7 Å². The average Bonchev–Trinajstić information content (AvgIpc) is 3.04. The summed E-state index contributed by atoms with van der Waals surface area (Å²) >= 11 is 0. The molecule has 0 atom stereocenters. The molecule has 102 valence electrons. The summed E-state index contributed by atoms with van der Waals surface area (Å²) in [7, 11) is 1.78. The minimum Gasteiger partial charge on any atom is -0.472 e. The van der Waals surface area contributed by atoms with Crippen molar-refractivity contribution in [3.05, 3.63) is 53.7 Å². The number of H-pyrrole nitrogens is 1. The maximum Gasteiger partial charge on any atom is 0.253 e. The maximum atomic E-state index is 12.4. The number of nitrogens with zero attached hydrogens (tertiary/aromatic N) is 2. The first kappa shape index (κ1) is 12.5. The molecule has 5 nitrogen and oxygen atoms in total. The Morgan fingerprint density at radius 1 is 1.40 bits per heavy atom. The van der Waals surface area contributed by atoms with Crippen LogP contribution in [0, 0.1) is 6.92 Å². The zero-order valence-electron chi connectivity index (χ0n) is 11.4. The van der Waals surface area contributed by atoms with Crippen LogP contribution in [0.3, 0.4) is 0 Å². The number of nitrogens with one attached hydrogen (secondary N) is 1. The molecule has 0 aliphatic rings. The standard InChI is InChI=1S/C15H15N3O2/c1-10-16-13-4-3-12(7-14(13)17-10)15(19)18(2)8-11-5-6-20-9-11/h3-7,9H,8H2,1-2H3,(H,16,17). The summed E-state index contributed by atoms with van der Waals surface area (Å²) in [6.07, 6.45) is 3.25. The van der Waals surface area contributed by atoms with E-state index < -0.39 is 0 Å². The van der Waals surface area contributed by atoms with Crippen molar-refractivity contribution in [3.8, 4) is 0 Å². The van der Waals surface area contributed by atoms with Gasteiger partial charge in [0, 0.05) is 24.7 Å². The third kappa shape index (κ3) is 2.30. The molecule has 0 aliphatic carbocycles. The fourth-order valence-corrected chi connectivity index (χ4v) is 2.22. The molecule has 1 N–H and O–H groups in total. The van der Waals surface area contributed by atoms with Gasteiger partial charge in [-0.3, -0.25) is 4.79 Å². The third-order valence-corrected chi connectivity index (χ3v) is 3.19. The summed E-state index contributed by atoms with van der Waals surface area (Å²) in [5, 5.41) is 0. The summed E-state index contributed by atoms with van der Waals surface area (Å²) in [5.41, 5.74) is 3.37. The van der Waals surface area contributed by atoms with Gasteiger partial charge in [0.25, 0.3) is 5.91 Å². The fourth-order valence-electron chi connectivity index (χ4n) is 2.22. The van der Waals surface area contributed by atoms with E-state index in [1.54, 1.807) is 30.5 Å². The van der Waals surface area contributed by atoms with Gasteiger partial charge in [-0.15, -0.1) is 0 Å². The number of aryl methyl sites for hydroxylation is 1. The van der Waals surface area contributed by atoms with Gasteiger partial charge in [0.1, 0.15) is 5.82 Å². The van der Waals surface area contributed by atoms with E-state index in [2.05, 4.69) is 9.97 Å². The van der Waals surface area contributed by atoms with Crippen molar-refractivity contribution in [2.45, 2.75) is 13.5 Å². The number of fused-ring (bicyclic) bond motifs is 1. The molecule has 0 radical (unpaired) electrons. The Balaban J connectivity index is 1.83. The van der Waals surface area contributed by atoms with Crippen molar-refractivity contribution in [3.63, 3.8) is 0 Å². The van der Waals surface area contributed by atoms with Gasteiger partial charge in [0.15, 0.2) is 0 Å². The van der Waals surface area contributed by atoms with E-state index in [9.17, 15) is 4.79 Å². The van der Waals surface area contributed by atoms with Crippen molar-refractivity contribution in [1.29, 1.82) is 0 Å². The first-order chi connectivity index (χ1) is 9.63. The Bertz CT molecular complexity index is 744. The van der Waals surface area contributed by atoms with E-state index in [1.165, 1.54) is 0 Å². The van der Waals surface area contributed by atoms with E-state index in [4.69, 9.17) is 4.42 Å². The molecule has 1 amide bonds. The van der Waals surface area contributed by atoms with Gasteiger partial charge in [0.05, 0.1) is 23.6 Å². The first-order valence-electron chi connectivity index (χ1n) is 6.36. The summed E-state index contributed by atoms with van der Waals surface area (Å²) in [6, 6.07) is 7.35. The molecule has 0 saturated carbocycles. The highest BCUT2D eigenvalue weighted by atomic mass is 16.3. The van der Waals surface area contributed by atoms with Crippen LogP contribution < -0.4 is 0 Å². The largest absolute Gasteiger partial charge is 0.472 e. The van der Waals surface area contributed by atoms with Crippen molar-refractivity contribution < 1.29 is 9.21 Å². The second-order valence-corrected chi connectivity index (χ2v) is 4.85. The lowest BCUT2D eigenvalue weighted by atomic mass is 10.1. The van der Waals surface area contributed by atoms with Crippen molar-refractivity contribution in [1.82, 2.24) is 14.9 Å². The number of furan rings is 1. The second kappa shape index (κ2) is 4.85. The van der Waals surface area contributed by atoms with E-state index in [0.29, 0.717) is 12.1 Å². The molecule has 3 rings (SSSR count). The lowest BCUT2D eigenvalue weighted by Gasteiger charge is -2.16. The van der Waals surface area contributed by atoms with Crippen LogP contribution in [0.25, 0.3) is 11.0 Å². The van der Waals surface area contributed by atoms with E-state index in [1.807, 2.05) is 25.1 Å². The molecule has 2 heterocycles. The van der Waals surface area contributed by atoms with Crippen LogP contribution in [0.15, 0.2) is 41.2 Å². The highest BCUT2D eigenvalue weighted by Gasteiger charge is 2.13. The maximum absolute atomic E-state index is 12.4. The quantitative estimate of drug-likeness (QED) is 0.795. The minimum absolute atomic E-state index is 0.0275. The first-order valence-corrected chi connectivity index (χ1v) is 6.36. The molecule has 5 heteroatoms. The van der Waals surface area contributed by atoms with E-state index in [0.717, 1.165) is 22.4 Å². The lowest BCUT2D eigenvalue weighted by Crippen LogP contribution is -2.25. The number of aromatic nitrogens is 2. The number of imidazole rings is 1. The number of amides is 1. The molecule has 0 unspecified atom stereocenters. The highest BCUT2D eigenvalue weighted by Crippen LogP contribution is 2.15. The Kier molecular flexibility index (Phi) is 3.02. The molecular weight excluding hydrogens is 254 g/mol. The van der Waals surface area contributed by atoms with Gasteiger partial charge >= 0.3 is 0 Å². The summed E-state index contributed by atoms with van der Waals surface area (Å²) in [5.74, 6) is 0.816. The molecule has 3 aromatic rings. The highest BCUT2D eigenvalue weighted by molar-refractivity contribution is 5.97.